The van der Waals surface area contributed by atoms with Crippen LogP contribution in [0.1, 0.15) is 23.6 Å². The number of hydrogen-bond acceptors (Lipinski definition) is 7. The molecule has 0 saturated heterocycles. The van der Waals surface area contributed by atoms with Crippen LogP contribution in [-0.4, -0.2) is 21.3 Å². The van der Waals surface area contributed by atoms with E-state index in [2.05, 4.69) is 9.98 Å². The fourth-order valence-corrected chi connectivity index (χ4v) is 3.42. The molecule has 0 radical (unpaired) electrons. The Balaban J connectivity index is 1.78. The van der Waals surface area contributed by atoms with Crippen LogP contribution in [0.2, 0.25) is 0 Å². The normalized spacial score (nSPS) is 12.1. The predicted molar refractivity (Wildman–Crippen MR) is 114 cm³/mol. The van der Waals surface area contributed by atoms with E-state index in [0.717, 1.165) is 21.2 Å². The number of aliphatic imine (C=N–C) groups is 2. The molecule has 0 N–H and O–H groups in total. The van der Waals surface area contributed by atoms with Gasteiger partial charge < -0.3 is 0 Å². The van der Waals surface area contributed by atoms with E-state index in [1.54, 1.807) is 24.3 Å². The maximum absolute atomic E-state index is 10.7. The van der Waals surface area contributed by atoms with Crippen molar-refractivity contribution < 1.29 is 9.85 Å². The summed E-state index contributed by atoms with van der Waals surface area (Å²) in [6, 6.07) is 16.0. The lowest BCUT2D eigenvalue weighted by molar-refractivity contribution is -0.385. The van der Waals surface area contributed by atoms with Gasteiger partial charge in [-0.1, -0.05) is 0 Å². The number of non-ortho nitro benzene ring substituents is 2. The molecule has 0 saturated carbocycles. The summed E-state index contributed by atoms with van der Waals surface area (Å²) in [6.07, 6.45) is 0. The van der Waals surface area contributed by atoms with Crippen LogP contribution >= 0.6 is 11.3 Å². The molecule has 0 aliphatic heterocycles. The molecule has 1 heterocycles. The average Bonchev–Trinajstić information content (AvgIpc) is 3.19. The second-order valence-corrected chi connectivity index (χ2v) is 7.19. The molecule has 0 aliphatic carbocycles. The number of thiophene rings is 1. The Labute approximate surface area is 170 Å². The standard InChI is InChI=1S/C20H16N4O4S/c1-13(21-15-3-7-17(8-4-15)23(25)26)19-11-12-20(29-19)14(2)22-16-5-9-18(10-6-16)24(27)28/h3-12H,1-2H3. The fraction of sp³-hybridized carbons (Fsp3) is 0.100. The van der Waals surface area contributed by atoms with Crippen LogP contribution in [0.15, 0.2) is 70.6 Å². The number of hydrogen-bond donors (Lipinski definition) is 0. The Morgan fingerprint density at radius 3 is 1.34 bits per heavy atom. The van der Waals surface area contributed by atoms with Crippen LogP contribution in [0, 0.1) is 20.2 Å². The Hall–Kier alpha value is -3.72. The molecule has 0 fully saturated rings. The van der Waals surface area contributed by atoms with E-state index in [-0.39, 0.29) is 11.4 Å². The lowest BCUT2D eigenvalue weighted by Crippen LogP contribution is -1.91. The van der Waals surface area contributed by atoms with Crippen LogP contribution in [0.25, 0.3) is 0 Å². The zero-order chi connectivity index (χ0) is 21.0. The summed E-state index contributed by atoms with van der Waals surface area (Å²) in [5.74, 6) is 0. The molecule has 0 spiro atoms. The predicted octanol–water partition coefficient (Wildman–Crippen LogP) is 5.85. The second kappa shape index (κ2) is 8.53. The summed E-state index contributed by atoms with van der Waals surface area (Å²) in [5.41, 5.74) is 2.91. The topological polar surface area (TPSA) is 111 Å². The number of benzene rings is 2. The smallest absolute Gasteiger partial charge is 0.258 e. The van der Waals surface area contributed by atoms with Gasteiger partial charge in [-0.2, -0.15) is 0 Å². The third-order valence-electron chi connectivity index (χ3n) is 4.03. The quantitative estimate of drug-likeness (QED) is 0.289. The SMILES string of the molecule is CC(=Nc1ccc([N+](=O)[O-])cc1)c1ccc(C(C)=Nc2ccc([N+](=O)[O-])cc2)s1. The van der Waals surface area contributed by atoms with Gasteiger partial charge in [-0.25, -0.2) is 0 Å². The van der Waals surface area contributed by atoms with E-state index in [1.165, 1.54) is 35.6 Å². The van der Waals surface area contributed by atoms with Crippen LogP contribution < -0.4 is 0 Å². The van der Waals surface area contributed by atoms with Crippen LogP contribution in [0.5, 0.6) is 0 Å². The first-order chi connectivity index (χ1) is 13.8. The van der Waals surface area contributed by atoms with Crippen molar-refractivity contribution in [1.82, 2.24) is 0 Å². The van der Waals surface area contributed by atoms with Gasteiger partial charge in [-0.05, 0) is 50.2 Å². The summed E-state index contributed by atoms with van der Waals surface area (Å²) in [7, 11) is 0. The van der Waals surface area contributed by atoms with Gasteiger partial charge in [0.15, 0.2) is 0 Å². The van der Waals surface area contributed by atoms with Gasteiger partial charge in [0, 0.05) is 34.0 Å². The van der Waals surface area contributed by atoms with Crippen LogP contribution in [0.3, 0.4) is 0 Å². The molecule has 3 rings (SSSR count). The molecule has 0 unspecified atom stereocenters. The summed E-state index contributed by atoms with van der Waals surface area (Å²) in [5, 5.41) is 21.5. The van der Waals surface area contributed by atoms with Crippen molar-refractivity contribution in [3.63, 3.8) is 0 Å². The number of nitro benzene ring substituents is 2. The first-order valence-corrected chi connectivity index (χ1v) is 9.35. The molecule has 146 valence electrons. The number of nitro groups is 2. The third kappa shape index (κ3) is 4.96. The maximum atomic E-state index is 10.7. The molecular weight excluding hydrogens is 392 g/mol. The van der Waals surface area contributed by atoms with E-state index in [4.69, 9.17) is 0 Å². The molecule has 9 heteroatoms. The molecule has 8 nitrogen and oxygen atoms in total. The van der Waals surface area contributed by atoms with Crippen molar-refractivity contribution in [2.75, 3.05) is 0 Å². The zero-order valence-corrected chi connectivity index (χ0v) is 16.4. The fourth-order valence-electron chi connectivity index (χ4n) is 2.52. The minimum atomic E-state index is -0.445. The molecule has 0 aliphatic rings. The highest BCUT2D eigenvalue weighted by atomic mass is 32.1. The van der Waals surface area contributed by atoms with Gasteiger partial charge in [-0.15, -0.1) is 11.3 Å². The van der Waals surface area contributed by atoms with E-state index < -0.39 is 9.85 Å². The molecular formula is C20H16N4O4S. The van der Waals surface area contributed by atoms with Crippen molar-refractivity contribution in [3.05, 3.63) is 90.6 Å². The minimum Gasteiger partial charge on any atom is -0.258 e. The molecule has 0 atom stereocenters. The highest BCUT2D eigenvalue weighted by molar-refractivity contribution is 7.16. The van der Waals surface area contributed by atoms with Gasteiger partial charge in [-0.3, -0.25) is 30.2 Å². The average molecular weight is 408 g/mol. The van der Waals surface area contributed by atoms with Crippen molar-refractivity contribution in [3.8, 4) is 0 Å². The summed E-state index contributed by atoms with van der Waals surface area (Å²) in [6.45, 7) is 3.75. The van der Waals surface area contributed by atoms with Crippen molar-refractivity contribution >= 4 is 45.5 Å². The third-order valence-corrected chi connectivity index (χ3v) is 5.34. The highest BCUT2D eigenvalue weighted by Crippen LogP contribution is 2.24. The molecule has 0 amide bonds. The lowest BCUT2D eigenvalue weighted by Gasteiger charge is -1.99. The van der Waals surface area contributed by atoms with Crippen molar-refractivity contribution in [2.24, 2.45) is 9.98 Å². The van der Waals surface area contributed by atoms with Gasteiger partial charge in [0.05, 0.1) is 32.6 Å². The Morgan fingerprint density at radius 1 is 0.690 bits per heavy atom. The Kier molecular flexibility index (Phi) is 5.89. The second-order valence-electron chi connectivity index (χ2n) is 6.11. The van der Waals surface area contributed by atoms with Crippen LogP contribution in [0.4, 0.5) is 22.7 Å². The van der Waals surface area contributed by atoms with Crippen LogP contribution in [-0.2, 0) is 0 Å². The van der Waals surface area contributed by atoms with Crippen molar-refractivity contribution in [1.29, 1.82) is 0 Å². The largest absolute Gasteiger partial charge is 0.269 e. The highest BCUT2D eigenvalue weighted by Gasteiger charge is 2.08. The van der Waals surface area contributed by atoms with E-state index in [9.17, 15) is 20.2 Å². The maximum Gasteiger partial charge on any atom is 0.269 e. The van der Waals surface area contributed by atoms with Gasteiger partial charge in [0.25, 0.3) is 11.4 Å². The number of rotatable bonds is 6. The van der Waals surface area contributed by atoms with E-state index >= 15 is 0 Å². The molecule has 29 heavy (non-hydrogen) atoms. The molecule has 3 aromatic rings. The first-order valence-electron chi connectivity index (χ1n) is 8.53. The van der Waals surface area contributed by atoms with E-state index in [0.29, 0.717) is 11.4 Å². The lowest BCUT2D eigenvalue weighted by atomic mass is 10.2. The zero-order valence-electron chi connectivity index (χ0n) is 15.6. The summed E-state index contributed by atoms with van der Waals surface area (Å²) < 4.78 is 0. The number of nitrogens with zero attached hydrogens (tertiary/aromatic N) is 4. The summed E-state index contributed by atoms with van der Waals surface area (Å²) in [4.78, 5) is 31.5. The molecule has 0 bridgehead atoms. The van der Waals surface area contributed by atoms with Gasteiger partial charge >= 0.3 is 0 Å². The monoisotopic (exact) mass is 408 g/mol. The molecule has 1 aromatic heterocycles. The van der Waals surface area contributed by atoms with Crippen molar-refractivity contribution in [2.45, 2.75) is 13.8 Å². The Morgan fingerprint density at radius 2 is 1.03 bits per heavy atom. The van der Waals surface area contributed by atoms with E-state index in [1.807, 2.05) is 26.0 Å². The summed E-state index contributed by atoms with van der Waals surface area (Å²) >= 11 is 1.53. The van der Waals surface area contributed by atoms with Gasteiger partial charge in [0.1, 0.15) is 0 Å². The Bertz CT molecular complexity index is 1030. The molecule has 2 aromatic carbocycles. The first kappa shape index (κ1) is 20.0. The van der Waals surface area contributed by atoms with Gasteiger partial charge in [0.2, 0.25) is 0 Å². The minimum absolute atomic E-state index is 0.0260.